The number of amidine groups is 1. The van der Waals surface area contributed by atoms with Crippen LogP contribution in [0.3, 0.4) is 0 Å². The maximum atomic E-state index is 12.3. The summed E-state index contributed by atoms with van der Waals surface area (Å²) in [4.78, 5) is 16.2. The molecule has 9 heteroatoms. The number of rotatable bonds is 5. The Labute approximate surface area is 153 Å². The highest BCUT2D eigenvalue weighted by Gasteiger charge is 2.25. The lowest BCUT2D eigenvalue weighted by molar-refractivity contribution is 0.0880. The Balaban J connectivity index is 1.71. The van der Waals surface area contributed by atoms with E-state index in [1.54, 1.807) is 42.7 Å². The maximum Gasteiger partial charge on any atom is 0.251 e. The van der Waals surface area contributed by atoms with E-state index in [0.717, 1.165) is 0 Å². The SMILES string of the molecule is CC(C)(COc1cccc2c1C(N)=NS(=O)N2)NC(=O)c1ccncc1. The first-order valence-electron chi connectivity index (χ1n) is 7.87. The van der Waals surface area contributed by atoms with Crippen LogP contribution in [0.1, 0.15) is 29.8 Å². The number of pyridine rings is 1. The maximum absolute atomic E-state index is 12.3. The Hall–Kier alpha value is -2.94. The van der Waals surface area contributed by atoms with Crippen LogP contribution in [0.5, 0.6) is 5.75 Å². The zero-order chi connectivity index (χ0) is 18.7. The van der Waals surface area contributed by atoms with Crippen LogP contribution in [0.4, 0.5) is 5.69 Å². The summed E-state index contributed by atoms with van der Waals surface area (Å²) in [6.45, 7) is 3.91. The highest BCUT2D eigenvalue weighted by Crippen LogP contribution is 2.30. The predicted molar refractivity (Wildman–Crippen MR) is 100 cm³/mol. The molecule has 1 aromatic heterocycles. The van der Waals surface area contributed by atoms with E-state index in [1.807, 2.05) is 13.8 Å². The second kappa shape index (κ2) is 7.12. The van der Waals surface area contributed by atoms with Gasteiger partial charge in [0.1, 0.15) is 18.2 Å². The molecule has 1 unspecified atom stereocenters. The fraction of sp³-hybridized carbons (Fsp3) is 0.235. The number of nitrogens with one attached hydrogen (secondary N) is 2. The Morgan fingerprint density at radius 2 is 2.04 bits per heavy atom. The van der Waals surface area contributed by atoms with Crippen molar-refractivity contribution in [3.05, 3.63) is 53.9 Å². The molecule has 2 aromatic rings. The molecule has 0 spiro atoms. The van der Waals surface area contributed by atoms with Gasteiger partial charge in [0.2, 0.25) is 11.2 Å². The molecule has 0 radical (unpaired) electrons. The molecule has 0 aliphatic carbocycles. The fourth-order valence-corrected chi connectivity index (χ4v) is 3.10. The third-order valence-electron chi connectivity index (χ3n) is 3.64. The molecule has 0 saturated carbocycles. The van der Waals surface area contributed by atoms with Crippen molar-refractivity contribution in [2.24, 2.45) is 10.1 Å². The van der Waals surface area contributed by atoms with Crippen molar-refractivity contribution >= 4 is 28.6 Å². The molecule has 1 aliphatic rings. The van der Waals surface area contributed by atoms with Gasteiger partial charge in [-0.15, -0.1) is 0 Å². The Morgan fingerprint density at radius 3 is 2.77 bits per heavy atom. The van der Waals surface area contributed by atoms with Crippen molar-refractivity contribution in [2.75, 3.05) is 11.3 Å². The van der Waals surface area contributed by atoms with Crippen LogP contribution in [0.25, 0.3) is 0 Å². The lowest BCUT2D eigenvalue weighted by Gasteiger charge is -2.27. The molecule has 1 amide bonds. The number of carbonyl (C=O) groups excluding carboxylic acids is 1. The molecular weight excluding hydrogens is 354 g/mol. The summed E-state index contributed by atoms with van der Waals surface area (Å²) in [7, 11) is 0. The van der Waals surface area contributed by atoms with E-state index in [-0.39, 0.29) is 18.3 Å². The Kier molecular flexibility index (Phi) is 4.90. The van der Waals surface area contributed by atoms with Crippen molar-refractivity contribution in [1.29, 1.82) is 0 Å². The van der Waals surface area contributed by atoms with Crippen LogP contribution in [-0.2, 0) is 11.2 Å². The van der Waals surface area contributed by atoms with Crippen molar-refractivity contribution in [1.82, 2.24) is 10.3 Å². The predicted octanol–water partition coefficient (Wildman–Crippen LogP) is 1.38. The smallest absolute Gasteiger partial charge is 0.251 e. The fourth-order valence-electron chi connectivity index (χ4n) is 2.43. The number of anilines is 1. The molecule has 1 atom stereocenters. The lowest BCUT2D eigenvalue weighted by Crippen LogP contribution is -2.48. The lowest BCUT2D eigenvalue weighted by atomic mass is 10.1. The van der Waals surface area contributed by atoms with E-state index in [0.29, 0.717) is 22.6 Å². The monoisotopic (exact) mass is 373 g/mol. The van der Waals surface area contributed by atoms with Gasteiger partial charge in [0, 0.05) is 18.0 Å². The van der Waals surface area contributed by atoms with Gasteiger partial charge in [0.05, 0.1) is 16.8 Å². The molecule has 2 heterocycles. The van der Waals surface area contributed by atoms with Crippen LogP contribution < -0.4 is 20.5 Å². The minimum absolute atomic E-state index is 0.145. The van der Waals surface area contributed by atoms with Crippen LogP contribution in [-0.4, -0.2) is 33.1 Å². The average molecular weight is 373 g/mol. The first-order valence-corrected chi connectivity index (χ1v) is 8.98. The number of hydrogen-bond acceptors (Lipinski definition) is 5. The molecular formula is C17H19N5O3S. The van der Waals surface area contributed by atoms with Gasteiger partial charge >= 0.3 is 0 Å². The summed E-state index contributed by atoms with van der Waals surface area (Å²) in [5, 5.41) is 2.92. The van der Waals surface area contributed by atoms with Gasteiger partial charge in [-0.05, 0) is 38.1 Å². The van der Waals surface area contributed by atoms with Crippen LogP contribution >= 0.6 is 0 Å². The quantitative estimate of drug-likeness (QED) is 0.732. The molecule has 0 bridgehead atoms. The molecule has 136 valence electrons. The number of nitrogens with two attached hydrogens (primary N) is 1. The van der Waals surface area contributed by atoms with Crippen LogP contribution in [0, 0.1) is 0 Å². The van der Waals surface area contributed by atoms with Gasteiger partial charge in [-0.2, -0.15) is 4.40 Å². The van der Waals surface area contributed by atoms with Crippen molar-refractivity contribution < 1.29 is 13.7 Å². The van der Waals surface area contributed by atoms with E-state index in [1.165, 1.54) is 0 Å². The topological polar surface area (TPSA) is 119 Å². The van der Waals surface area contributed by atoms with E-state index < -0.39 is 16.7 Å². The number of fused-ring (bicyclic) bond motifs is 1. The summed E-state index contributed by atoms with van der Waals surface area (Å²) >= 11 is -1.59. The molecule has 0 fully saturated rings. The molecule has 4 N–H and O–H groups in total. The zero-order valence-corrected chi connectivity index (χ0v) is 15.2. The van der Waals surface area contributed by atoms with Crippen LogP contribution in [0.15, 0.2) is 47.1 Å². The number of amides is 1. The number of hydrogen-bond donors (Lipinski definition) is 3. The van der Waals surface area contributed by atoms with Gasteiger partial charge in [-0.1, -0.05) is 6.07 Å². The number of benzene rings is 1. The average Bonchev–Trinajstić information content (AvgIpc) is 2.60. The van der Waals surface area contributed by atoms with Crippen LogP contribution in [0.2, 0.25) is 0 Å². The number of aromatic nitrogens is 1. The van der Waals surface area contributed by atoms with Crippen molar-refractivity contribution in [3.63, 3.8) is 0 Å². The molecule has 3 rings (SSSR count). The third-order valence-corrected chi connectivity index (χ3v) is 4.40. The molecule has 1 aromatic carbocycles. The van der Waals surface area contributed by atoms with Gasteiger partial charge < -0.3 is 15.8 Å². The van der Waals surface area contributed by atoms with Gasteiger partial charge in [0.15, 0.2) is 0 Å². The molecule has 0 saturated heterocycles. The summed E-state index contributed by atoms with van der Waals surface area (Å²) in [5.41, 5.74) is 6.93. The van der Waals surface area contributed by atoms with E-state index in [2.05, 4.69) is 19.4 Å². The number of carbonyl (C=O) groups is 1. The van der Waals surface area contributed by atoms with Gasteiger partial charge in [-0.3, -0.25) is 14.5 Å². The van der Waals surface area contributed by atoms with Gasteiger partial charge in [0.25, 0.3) is 5.91 Å². The molecule has 8 nitrogen and oxygen atoms in total. The molecule has 1 aliphatic heterocycles. The third kappa shape index (κ3) is 3.99. The number of nitrogens with zero attached hydrogens (tertiary/aromatic N) is 2. The highest BCUT2D eigenvalue weighted by molar-refractivity contribution is 7.85. The van der Waals surface area contributed by atoms with E-state index in [4.69, 9.17) is 10.5 Å². The normalized spacial score (nSPS) is 16.1. The summed E-state index contributed by atoms with van der Waals surface area (Å²) in [6.07, 6.45) is 3.13. The Morgan fingerprint density at radius 1 is 1.31 bits per heavy atom. The minimum atomic E-state index is -1.59. The van der Waals surface area contributed by atoms with Gasteiger partial charge in [-0.25, -0.2) is 4.21 Å². The number of ether oxygens (including phenoxy) is 1. The largest absolute Gasteiger partial charge is 0.490 e. The summed E-state index contributed by atoms with van der Waals surface area (Å²) < 4.78 is 24.0. The first-order chi connectivity index (χ1) is 12.4. The standard InChI is InChI=1S/C17H19N5O3S/c1-17(2,20-16(23)11-6-8-19-9-7-11)10-25-13-5-3-4-12-14(13)15(18)22-26(24)21-12/h3-9,21H,10H2,1-2H3,(H2,18,22)(H,20,23). The summed E-state index contributed by atoms with van der Waals surface area (Å²) in [5.74, 6) is 0.430. The minimum Gasteiger partial charge on any atom is -0.490 e. The first kappa shape index (κ1) is 17.9. The van der Waals surface area contributed by atoms with E-state index in [9.17, 15) is 9.00 Å². The summed E-state index contributed by atoms with van der Waals surface area (Å²) in [6, 6.07) is 8.54. The van der Waals surface area contributed by atoms with E-state index >= 15 is 0 Å². The highest BCUT2D eigenvalue weighted by atomic mass is 32.2. The second-order valence-electron chi connectivity index (χ2n) is 6.37. The second-order valence-corrected chi connectivity index (χ2v) is 7.25. The van der Waals surface area contributed by atoms with Crippen molar-refractivity contribution in [3.8, 4) is 5.75 Å². The Bertz CT molecular complexity index is 883. The zero-order valence-electron chi connectivity index (χ0n) is 14.4. The van der Waals surface area contributed by atoms with Crippen molar-refractivity contribution in [2.45, 2.75) is 19.4 Å². The molecule has 26 heavy (non-hydrogen) atoms.